The average Bonchev–Trinajstić information content (AvgIpc) is 3.11. The van der Waals surface area contributed by atoms with Crippen molar-refractivity contribution in [3.05, 3.63) is 83.2 Å². The molecule has 3 aromatic rings. The van der Waals surface area contributed by atoms with E-state index in [0.29, 0.717) is 19.7 Å². The van der Waals surface area contributed by atoms with Crippen LogP contribution < -0.4 is 4.74 Å². The van der Waals surface area contributed by atoms with Crippen molar-refractivity contribution >= 4 is 5.91 Å². The summed E-state index contributed by atoms with van der Waals surface area (Å²) in [7, 11) is 0. The Morgan fingerprint density at radius 2 is 1.89 bits per heavy atom. The monoisotopic (exact) mass is 369 g/mol. The summed E-state index contributed by atoms with van der Waals surface area (Å²) < 4.78 is 34.8. The third-order valence-electron chi connectivity index (χ3n) is 4.45. The zero-order chi connectivity index (χ0) is 18.8. The topological polar surface area (TPSA) is 47.4 Å². The normalized spacial score (nSPS) is 13.3. The summed E-state index contributed by atoms with van der Waals surface area (Å²) in [5, 5.41) is 4.48. The fourth-order valence-electron chi connectivity index (χ4n) is 3.08. The van der Waals surface area contributed by atoms with E-state index >= 15 is 0 Å². The molecule has 27 heavy (non-hydrogen) atoms. The minimum atomic E-state index is -1.11. The molecule has 2 heterocycles. The van der Waals surface area contributed by atoms with Gasteiger partial charge in [-0.1, -0.05) is 24.3 Å². The molecule has 1 aliphatic rings. The van der Waals surface area contributed by atoms with E-state index in [0.717, 1.165) is 23.2 Å². The van der Waals surface area contributed by atoms with E-state index in [4.69, 9.17) is 4.74 Å². The molecule has 1 amide bonds. The summed E-state index contributed by atoms with van der Waals surface area (Å²) in [5.74, 6) is -1.91. The molecule has 5 nitrogen and oxygen atoms in total. The predicted octanol–water partition coefficient (Wildman–Crippen LogP) is 3.40. The van der Waals surface area contributed by atoms with Gasteiger partial charge in [-0.15, -0.1) is 0 Å². The van der Waals surface area contributed by atoms with E-state index in [9.17, 15) is 13.6 Å². The van der Waals surface area contributed by atoms with Gasteiger partial charge in [0.2, 0.25) is 0 Å². The lowest BCUT2D eigenvalue weighted by molar-refractivity contribution is 0.0700. The number of aromatic nitrogens is 2. The maximum Gasteiger partial charge on any atom is 0.257 e. The van der Waals surface area contributed by atoms with Gasteiger partial charge < -0.3 is 9.64 Å². The molecule has 1 aromatic heterocycles. The number of carbonyl (C=O) groups excluding carboxylic acids is 1. The van der Waals surface area contributed by atoms with Crippen LogP contribution in [0.3, 0.4) is 0 Å². The molecule has 7 heteroatoms. The van der Waals surface area contributed by atoms with Crippen molar-refractivity contribution < 1.29 is 18.3 Å². The zero-order valence-corrected chi connectivity index (χ0v) is 14.4. The minimum Gasteiger partial charge on any atom is -0.487 e. The maximum absolute atomic E-state index is 13.9. The molecule has 138 valence electrons. The van der Waals surface area contributed by atoms with E-state index in [-0.39, 0.29) is 12.1 Å². The maximum atomic E-state index is 13.9. The van der Waals surface area contributed by atoms with Crippen molar-refractivity contribution in [2.45, 2.75) is 19.7 Å². The van der Waals surface area contributed by atoms with Crippen molar-refractivity contribution in [2.75, 3.05) is 6.54 Å². The molecule has 2 aromatic carbocycles. The average molecular weight is 369 g/mol. The lowest BCUT2D eigenvalue weighted by atomic mass is 10.1. The van der Waals surface area contributed by atoms with Gasteiger partial charge in [0.25, 0.3) is 5.91 Å². The highest BCUT2D eigenvalue weighted by atomic mass is 19.2. The number of fused-ring (bicyclic) bond motifs is 1. The van der Waals surface area contributed by atoms with Crippen LogP contribution in [0, 0.1) is 11.6 Å². The highest BCUT2D eigenvalue weighted by Gasteiger charge is 2.26. The molecule has 0 N–H and O–H groups in total. The Morgan fingerprint density at radius 3 is 2.70 bits per heavy atom. The number of carbonyl (C=O) groups is 1. The predicted molar refractivity (Wildman–Crippen MR) is 94.1 cm³/mol. The molecule has 0 unspecified atom stereocenters. The summed E-state index contributed by atoms with van der Waals surface area (Å²) >= 11 is 0. The molecule has 4 rings (SSSR count). The Balaban J connectivity index is 1.46. The van der Waals surface area contributed by atoms with Crippen LogP contribution >= 0.6 is 0 Å². The number of amides is 1. The third kappa shape index (κ3) is 3.53. The summed E-state index contributed by atoms with van der Waals surface area (Å²) in [6.45, 7) is 1.47. The van der Waals surface area contributed by atoms with E-state index in [2.05, 4.69) is 5.10 Å². The molecule has 0 atom stereocenters. The van der Waals surface area contributed by atoms with Gasteiger partial charge in [0.05, 0.1) is 24.3 Å². The van der Waals surface area contributed by atoms with E-state index < -0.39 is 17.5 Å². The van der Waals surface area contributed by atoms with Crippen molar-refractivity contribution in [1.29, 1.82) is 0 Å². The molecule has 0 radical (unpaired) electrons. The highest BCUT2D eigenvalue weighted by molar-refractivity contribution is 5.94. The Hall–Kier alpha value is -3.22. The number of benzene rings is 2. The summed E-state index contributed by atoms with van der Waals surface area (Å²) in [5.41, 5.74) is 1.33. The number of nitrogens with zero attached hydrogens (tertiary/aromatic N) is 3. The first-order chi connectivity index (χ1) is 13.1. The minimum absolute atomic E-state index is 0.254. The van der Waals surface area contributed by atoms with Crippen molar-refractivity contribution in [2.24, 2.45) is 0 Å². The number of ether oxygens (including phenoxy) is 1. The lowest BCUT2D eigenvalue weighted by Gasteiger charge is -2.27. The summed E-state index contributed by atoms with van der Waals surface area (Å²) in [6.07, 6.45) is 0. The van der Waals surface area contributed by atoms with Crippen LogP contribution in [-0.2, 0) is 19.7 Å². The SMILES string of the molecule is O=C(c1cccc(F)c1F)N1CCn2nc(COc3ccccc3)cc2C1. The Bertz CT molecular complexity index is 973. The zero-order valence-electron chi connectivity index (χ0n) is 14.4. The fourth-order valence-corrected chi connectivity index (χ4v) is 3.08. The Labute approximate surface area is 154 Å². The molecule has 0 bridgehead atoms. The molecule has 0 fully saturated rings. The van der Waals surface area contributed by atoms with Crippen LogP contribution in [0.25, 0.3) is 0 Å². The first kappa shape index (κ1) is 17.2. The van der Waals surface area contributed by atoms with Gasteiger partial charge in [0.15, 0.2) is 11.6 Å². The van der Waals surface area contributed by atoms with Gasteiger partial charge in [0.1, 0.15) is 18.1 Å². The number of para-hydroxylation sites is 1. The number of hydrogen-bond acceptors (Lipinski definition) is 3. The molecule has 0 saturated carbocycles. The van der Waals surface area contributed by atoms with Crippen LogP contribution in [0.2, 0.25) is 0 Å². The van der Waals surface area contributed by atoms with Gasteiger partial charge >= 0.3 is 0 Å². The standard InChI is InChI=1S/C20H17F2N3O2/c21-18-8-4-7-17(19(18)22)20(26)24-9-10-25-15(12-24)11-14(23-25)13-27-16-5-2-1-3-6-16/h1-8,11H,9-10,12-13H2. The van der Waals surface area contributed by atoms with Crippen LogP contribution in [0.15, 0.2) is 54.6 Å². The molecule has 0 aliphatic carbocycles. The molecule has 0 saturated heterocycles. The van der Waals surface area contributed by atoms with Crippen LogP contribution in [0.5, 0.6) is 5.75 Å². The second kappa shape index (κ2) is 7.19. The molecular formula is C20H17F2N3O2. The summed E-state index contributed by atoms with van der Waals surface area (Å²) in [6, 6.07) is 14.9. The van der Waals surface area contributed by atoms with E-state index in [1.165, 1.54) is 17.0 Å². The lowest BCUT2D eigenvalue weighted by Crippen LogP contribution is -2.38. The van der Waals surface area contributed by atoms with Gasteiger partial charge in [-0.25, -0.2) is 8.78 Å². The van der Waals surface area contributed by atoms with Crippen LogP contribution in [-0.4, -0.2) is 27.1 Å². The van der Waals surface area contributed by atoms with Gasteiger partial charge in [-0.3, -0.25) is 9.48 Å². The highest BCUT2D eigenvalue weighted by Crippen LogP contribution is 2.20. The molecule has 1 aliphatic heterocycles. The van der Waals surface area contributed by atoms with Crippen LogP contribution in [0.1, 0.15) is 21.7 Å². The van der Waals surface area contributed by atoms with Crippen LogP contribution in [0.4, 0.5) is 8.78 Å². The van der Waals surface area contributed by atoms with Gasteiger partial charge in [-0.2, -0.15) is 5.10 Å². The molecular weight excluding hydrogens is 352 g/mol. The van der Waals surface area contributed by atoms with Crippen molar-refractivity contribution in [1.82, 2.24) is 14.7 Å². The van der Waals surface area contributed by atoms with Crippen molar-refractivity contribution in [3.8, 4) is 5.75 Å². The summed E-state index contributed by atoms with van der Waals surface area (Å²) in [4.78, 5) is 14.1. The molecule has 0 spiro atoms. The Kier molecular flexibility index (Phi) is 4.58. The van der Waals surface area contributed by atoms with Gasteiger partial charge in [0, 0.05) is 6.54 Å². The smallest absolute Gasteiger partial charge is 0.257 e. The van der Waals surface area contributed by atoms with E-state index in [1.807, 2.05) is 41.1 Å². The van der Waals surface area contributed by atoms with Gasteiger partial charge in [-0.05, 0) is 30.3 Å². The first-order valence-electron chi connectivity index (χ1n) is 8.58. The number of rotatable bonds is 4. The second-order valence-electron chi connectivity index (χ2n) is 6.28. The van der Waals surface area contributed by atoms with E-state index in [1.54, 1.807) is 0 Å². The third-order valence-corrected chi connectivity index (χ3v) is 4.45. The Morgan fingerprint density at radius 1 is 1.07 bits per heavy atom. The van der Waals surface area contributed by atoms with Crippen molar-refractivity contribution in [3.63, 3.8) is 0 Å². The fraction of sp³-hybridized carbons (Fsp3) is 0.200. The second-order valence-corrected chi connectivity index (χ2v) is 6.28. The number of hydrogen-bond donors (Lipinski definition) is 0. The number of halogens is 2. The quantitative estimate of drug-likeness (QED) is 0.708. The first-order valence-corrected chi connectivity index (χ1v) is 8.58. The largest absolute Gasteiger partial charge is 0.487 e.